The SMILES string of the molecule is Cc1cc(N(NC(=O)[C@H](CC(C)C)[C@H](CC=Cc2ccccc2)C(=O)NOC2CCCCO2)S(C)(=O)=O)nc(C)n1. The molecular weight excluding hydrogens is 546 g/mol. The molecule has 1 saturated heterocycles. The van der Waals surface area contributed by atoms with E-state index in [2.05, 4.69) is 20.9 Å². The van der Waals surface area contributed by atoms with Crippen molar-refractivity contribution >= 4 is 33.7 Å². The van der Waals surface area contributed by atoms with Gasteiger partial charge < -0.3 is 4.74 Å². The molecule has 0 aliphatic carbocycles. The van der Waals surface area contributed by atoms with Gasteiger partial charge in [-0.3, -0.25) is 15.0 Å². The van der Waals surface area contributed by atoms with E-state index in [-0.39, 0.29) is 18.2 Å². The number of amides is 2. The van der Waals surface area contributed by atoms with Crippen LogP contribution in [0.15, 0.2) is 42.5 Å². The first-order chi connectivity index (χ1) is 19.4. The van der Waals surface area contributed by atoms with Crippen LogP contribution in [0.25, 0.3) is 6.08 Å². The van der Waals surface area contributed by atoms with Gasteiger partial charge in [-0.25, -0.2) is 28.7 Å². The number of carbonyl (C=O) groups excluding carboxylic acids is 2. The topological polar surface area (TPSA) is 140 Å². The number of hydrogen-bond acceptors (Lipinski definition) is 8. The number of carbonyl (C=O) groups is 2. The number of rotatable bonds is 13. The first kappa shape index (κ1) is 32.2. The highest BCUT2D eigenvalue weighted by Gasteiger charge is 2.36. The molecular formula is C29H41N5O6S. The number of aryl methyl sites for hydroxylation is 2. The Balaban J connectivity index is 1.90. The smallest absolute Gasteiger partial charge is 0.251 e. The van der Waals surface area contributed by atoms with E-state index in [1.165, 1.54) is 6.07 Å². The van der Waals surface area contributed by atoms with Gasteiger partial charge in [-0.05, 0) is 51.0 Å². The number of hydrogen-bond donors (Lipinski definition) is 2. The van der Waals surface area contributed by atoms with Crippen LogP contribution in [-0.4, -0.2) is 49.4 Å². The van der Waals surface area contributed by atoms with Gasteiger partial charge in [0.05, 0.1) is 18.1 Å². The van der Waals surface area contributed by atoms with E-state index < -0.39 is 40.0 Å². The van der Waals surface area contributed by atoms with Crippen LogP contribution in [0.3, 0.4) is 0 Å². The van der Waals surface area contributed by atoms with E-state index in [4.69, 9.17) is 9.57 Å². The van der Waals surface area contributed by atoms with Gasteiger partial charge in [0.15, 0.2) is 12.1 Å². The number of allylic oxidation sites excluding steroid dienone is 1. The summed E-state index contributed by atoms with van der Waals surface area (Å²) in [6.45, 7) is 7.76. The highest BCUT2D eigenvalue weighted by molar-refractivity contribution is 7.92. The summed E-state index contributed by atoms with van der Waals surface area (Å²) in [5.74, 6) is -2.48. The van der Waals surface area contributed by atoms with E-state index in [0.29, 0.717) is 31.0 Å². The van der Waals surface area contributed by atoms with E-state index >= 15 is 0 Å². The van der Waals surface area contributed by atoms with Crippen LogP contribution in [0.2, 0.25) is 0 Å². The molecule has 11 nitrogen and oxygen atoms in total. The van der Waals surface area contributed by atoms with Crippen LogP contribution in [0.5, 0.6) is 0 Å². The fraction of sp³-hybridized carbons (Fsp3) is 0.517. The number of benzene rings is 1. The Kier molecular flexibility index (Phi) is 11.8. The second-order valence-corrected chi connectivity index (χ2v) is 12.5. The van der Waals surface area contributed by atoms with Gasteiger partial charge in [-0.2, -0.15) is 4.41 Å². The summed E-state index contributed by atoms with van der Waals surface area (Å²) in [5, 5.41) is 0. The summed E-state index contributed by atoms with van der Waals surface area (Å²) in [5.41, 5.74) is 6.52. The lowest BCUT2D eigenvalue weighted by Crippen LogP contribution is -2.51. The molecule has 1 aliphatic rings. The molecule has 2 amide bonds. The van der Waals surface area contributed by atoms with Gasteiger partial charge in [-0.15, -0.1) is 0 Å². The number of hydrazine groups is 1. The predicted octanol–water partition coefficient (Wildman–Crippen LogP) is 3.85. The Morgan fingerprint density at radius 1 is 1.12 bits per heavy atom. The van der Waals surface area contributed by atoms with Gasteiger partial charge in [0.2, 0.25) is 11.8 Å². The molecule has 1 fully saturated rings. The van der Waals surface area contributed by atoms with Crippen molar-refractivity contribution in [2.75, 3.05) is 17.3 Å². The lowest BCUT2D eigenvalue weighted by Gasteiger charge is -2.30. The molecule has 0 spiro atoms. The molecule has 1 aromatic heterocycles. The monoisotopic (exact) mass is 587 g/mol. The van der Waals surface area contributed by atoms with Crippen molar-refractivity contribution in [1.29, 1.82) is 0 Å². The standard InChI is InChI=1S/C29H41N5O6S/c1-20(2)18-25(28(35)32-34(41(5,37)38)26-19-21(3)30-22(4)31-26)24(15-11-14-23-12-7-6-8-13-23)29(36)33-40-27-16-9-10-17-39-27/h6-8,11-14,19-20,24-25,27H,9-10,15-18H2,1-5H3,(H,32,35)(H,33,36)/t24-,25+,27?/m0/s1. The van der Waals surface area contributed by atoms with E-state index in [1.807, 2.05) is 56.3 Å². The molecule has 0 saturated carbocycles. The highest BCUT2D eigenvalue weighted by atomic mass is 32.2. The zero-order valence-corrected chi connectivity index (χ0v) is 25.2. The lowest BCUT2D eigenvalue weighted by atomic mass is 9.82. The van der Waals surface area contributed by atoms with Crippen molar-refractivity contribution in [2.45, 2.75) is 66.1 Å². The molecule has 41 heavy (non-hydrogen) atoms. The number of ether oxygens (including phenoxy) is 1. The van der Waals surface area contributed by atoms with E-state index in [0.717, 1.165) is 29.1 Å². The second kappa shape index (κ2) is 15.0. The molecule has 1 unspecified atom stereocenters. The number of nitrogens with zero attached hydrogens (tertiary/aromatic N) is 3. The Morgan fingerprint density at radius 3 is 2.46 bits per heavy atom. The molecule has 224 valence electrons. The zero-order valence-electron chi connectivity index (χ0n) is 24.4. The molecule has 3 atom stereocenters. The summed E-state index contributed by atoms with van der Waals surface area (Å²) in [6, 6.07) is 11.1. The molecule has 0 radical (unpaired) electrons. The van der Waals surface area contributed by atoms with Gasteiger partial charge in [0, 0.05) is 24.8 Å². The van der Waals surface area contributed by atoms with Crippen LogP contribution in [0.1, 0.15) is 63.0 Å². The summed E-state index contributed by atoms with van der Waals surface area (Å²) >= 11 is 0. The number of nitrogens with one attached hydrogen (secondary N) is 2. The first-order valence-electron chi connectivity index (χ1n) is 13.9. The molecule has 2 heterocycles. The minimum Gasteiger partial charge on any atom is -0.350 e. The van der Waals surface area contributed by atoms with Gasteiger partial charge >= 0.3 is 0 Å². The third kappa shape index (κ3) is 10.2. The Bertz CT molecular complexity index is 1280. The maximum Gasteiger partial charge on any atom is 0.251 e. The molecule has 2 aromatic rings. The fourth-order valence-corrected chi connectivity index (χ4v) is 5.32. The van der Waals surface area contributed by atoms with Gasteiger partial charge in [-0.1, -0.05) is 56.3 Å². The van der Waals surface area contributed by atoms with Gasteiger partial charge in [0.1, 0.15) is 5.82 Å². The molecule has 1 aliphatic heterocycles. The third-order valence-electron chi connectivity index (χ3n) is 6.52. The van der Waals surface area contributed by atoms with E-state index in [1.54, 1.807) is 13.8 Å². The largest absolute Gasteiger partial charge is 0.350 e. The summed E-state index contributed by atoms with van der Waals surface area (Å²) in [7, 11) is -3.98. The molecule has 12 heteroatoms. The first-order valence-corrected chi connectivity index (χ1v) is 15.7. The number of hydroxylamine groups is 1. The van der Waals surface area contributed by atoms with Gasteiger partial charge in [0.25, 0.3) is 10.0 Å². The third-order valence-corrected chi connectivity index (χ3v) is 7.46. The average Bonchev–Trinajstić information content (AvgIpc) is 2.91. The quantitative estimate of drug-likeness (QED) is 0.337. The van der Waals surface area contributed by atoms with Crippen molar-refractivity contribution in [3.05, 3.63) is 59.6 Å². The van der Waals surface area contributed by atoms with Crippen LogP contribution >= 0.6 is 0 Å². The molecule has 3 rings (SSSR count). The normalized spacial score (nSPS) is 17.3. The van der Waals surface area contributed by atoms with Crippen LogP contribution in [-0.2, 0) is 29.2 Å². The lowest BCUT2D eigenvalue weighted by molar-refractivity contribution is -0.203. The molecule has 2 N–H and O–H groups in total. The Hall–Kier alpha value is -3.35. The predicted molar refractivity (Wildman–Crippen MR) is 156 cm³/mol. The van der Waals surface area contributed by atoms with Crippen LogP contribution in [0, 0.1) is 31.6 Å². The van der Waals surface area contributed by atoms with Crippen molar-refractivity contribution in [3.8, 4) is 0 Å². The zero-order chi connectivity index (χ0) is 30.0. The number of anilines is 1. The van der Waals surface area contributed by atoms with Crippen molar-refractivity contribution < 1.29 is 27.6 Å². The van der Waals surface area contributed by atoms with Crippen LogP contribution in [0.4, 0.5) is 5.82 Å². The van der Waals surface area contributed by atoms with Crippen molar-refractivity contribution in [3.63, 3.8) is 0 Å². The Labute approximate surface area is 242 Å². The fourth-order valence-electron chi connectivity index (χ4n) is 4.63. The average molecular weight is 588 g/mol. The second-order valence-electron chi connectivity index (χ2n) is 10.7. The number of sulfonamides is 1. The summed E-state index contributed by atoms with van der Waals surface area (Å²) in [6.07, 6.45) is 7.17. The molecule has 1 aromatic carbocycles. The maximum absolute atomic E-state index is 13.8. The van der Waals surface area contributed by atoms with E-state index in [9.17, 15) is 18.0 Å². The van der Waals surface area contributed by atoms with Crippen molar-refractivity contribution in [1.82, 2.24) is 20.9 Å². The Morgan fingerprint density at radius 2 is 1.85 bits per heavy atom. The minimum atomic E-state index is -3.98. The van der Waals surface area contributed by atoms with Crippen LogP contribution < -0.4 is 15.3 Å². The molecule has 0 bridgehead atoms. The minimum absolute atomic E-state index is 0.0110. The highest BCUT2D eigenvalue weighted by Crippen LogP contribution is 2.27. The van der Waals surface area contributed by atoms with Crippen molar-refractivity contribution in [2.24, 2.45) is 17.8 Å². The maximum atomic E-state index is 13.8. The number of aromatic nitrogens is 2. The summed E-state index contributed by atoms with van der Waals surface area (Å²) in [4.78, 5) is 41.3. The summed E-state index contributed by atoms with van der Waals surface area (Å²) < 4.78 is 31.8.